The zero-order chi connectivity index (χ0) is 30.3. The van der Waals surface area contributed by atoms with Crippen LogP contribution in [-0.2, 0) is 16.0 Å². The van der Waals surface area contributed by atoms with Gasteiger partial charge in [0.15, 0.2) is 5.78 Å². The summed E-state index contributed by atoms with van der Waals surface area (Å²) in [5.74, 6) is -0.679. The number of aromatic nitrogens is 4. The zero-order valence-electron chi connectivity index (χ0n) is 25.4. The summed E-state index contributed by atoms with van der Waals surface area (Å²) >= 11 is 0. The van der Waals surface area contributed by atoms with E-state index in [0.29, 0.717) is 23.2 Å². The van der Waals surface area contributed by atoms with Crippen LogP contribution >= 0.6 is 0 Å². The molecular formula is C34H38N4O4. The largest absolute Gasteiger partial charge is 0.469 e. The summed E-state index contributed by atoms with van der Waals surface area (Å²) in [5.41, 5.74) is 14.2. The maximum Gasteiger partial charge on any atom is 0.305 e. The molecule has 8 bridgehead atoms. The van der Waals surface area contributed by atoms with Gasteiger partial charge in [-0.2, -0.15) is 0 Å². The second-order valence-corrected chi connectivity index (χ2v) is 10.9. The number of aliphatic hydroxyl groups is 1. The Morgan fingerprint density at radius 3 is 1.93 bits per heavy atom. The van der Waals surface area contributed by atoms with Crippen molar-refractivity contribution in [1.29, 1.82) is 0 Å². The number of carbonyl (C=O) groups excluding carboxylic acids is 2. The summed E-state index contributed by atoms with van der Waals surface area (Å²) in [5, 5.41) is 9.84. The minimum absolute atomic E-state index is 0.207. The Morgan fingerprint density at radius 2 is 1.31 bits per heavy atom. The number of methoxy groups -OCH3 is 1. The van der Waals surface area contributed by atoms with E-state index in [0.717, 1.165) is 79.9 Å². The smallest absolute Gasteiger partial charge is 0.305 e. The van der Waals surface area contributed by atoms with Crippen molar-refractivity contribution < 1.29 is 19.4 Å². The van der Waals surface area contributed by atoms with Gasteiger partial charge in [-0.15, -0.1) is 0 Å². The van der Waals surface area contributed by atoms with Crippen LogP contribution in [0.15, 0.2) is 24.3 Å². The van der Waals surface area contributed by atoms with Crippen LogP contribution in [0.1, 0.15) is 96.8 Å². The first-order valence-electron chi connectivity index (χ1n) is 14.5. The van der Waals surface area contributed by atoms with E-state index in [-0.39, 0.29) is 18.2 Å². The highest BCUT2D eigenvalue weighted by molar-refractivity contribution is 6.07. The molecule has 0 radical (unpaired) electrons. The lowest BCUT2D eigenvalue weighted by Crippen LogP contribution is -2.05. The molecule has 0 amide bonds. The first kappa shape index (κ1) is 29.2. The number of Topliss-reactive ketones (excluding diaryl/α,β-unsaturated/α-hetero) is 1. The minimum atomic E-state index is -0.609. The molecule has 0 aromatic carbocycles. The lowest BCUT2D eigenvalue weighted by atomic mass is 10.0. The van der Waals surface area contributed by atoms with E-state index in [2.05, 4.69) is 49.8 Å². The number of ether oxygens (including phenoxy) is 1. The molecule has 5 rings (SSSR count). The fraction of sp³-hybridized carbons (Fsp3) is 0.353. The summed E-state index contributed by atoms with van der Waals surface area (Å²) in [4.78, 5) is 42.2. The Kier molecular flexibility index (Phi) is 8.01. The topological polar surface area (TPSA) is 121 Å². The molecule has 2 aliphatic heterocycles. The van der Waals surface area contributed by atoms with Crippen LogP contribution < -0.4 is 0 Å². The van der Waals surface area contributed by atoms with Gasteiger partial charge >= 0.3 is 5.97 Å². The van der Waals surface area contributed by atoms with Crippen LogP contribution in [0.3, 0.4) is 0 Å². The fourth-order valence-electron chi connectivity index (χ4n) is 6.14. The van der Waals surface area contributed by atoms with Crippen molar-refractivity contribution >= 4 is 56.1 Å². The summed E-state index contributed by atoms with van der Waals surface area (Å²) in [6.07, 6.45) is 2.32. The quantitative estimate of drug-likeness (QED) is 0.211. The SMILES string of the molecule is CCC1=C(C)c2cc3[nH]c(cc4nc(cc5[nH]c(cc1n2)c(C)c5C(=O)CO)C(CCC(=O)OC)=C4C)c(C)c3CC. The number of hydrogen-bond donors (Lipinski definition) is 3. The summed E-state index contributed by atoms with van der Waals surface area (Å²) in [6.45, 7) is 11.8. The maximum absolute atomic E-state index is 13.0. The lowest BCUT2D eigenvalue weighted by molar-refractivity contribution is -0.140. The summed E-state index contributed by atoms with van der Waals surface area (Å²) < 4.78 is 4.91. The van der Waals surface area contributed by atoms with Gasteiger partial charge in [0.1, 0.15) is 6.61 Å². The van der Waals surface area contributed by atoms with E-state index in [1.54, 1.807) is 0 Å². The number of ketones is 1. The van der Waals surface area contributed by atoms with Crippen LogP contribution in [0.2, 0.25) is 0 Å². The van der Waals surface area contributed by atoms with Crippen molar-refractivity contribution in [2.24, 2.45) is 0 Å². The Morgan fingerprint density at radius 1 is 0.762 bits per heavy atom. The van der Waals surface area contributed by atoms with Crippen LogP contribution in [0, 0.1) is 13.8 Å². The van der Waals surface area contributed by atoms with Crippen molar-refractivity contribution in [2.45, 2.75) is 67.2 Å². The number of aromatic amines is 2. The lowest BCUT2D eigenvalue weighted by Gasteiger charge is -2.04. The monoisotopic (exact) mass is 566 g/mol. The molecule has 42 heavy (non-hydrogen) atoms. The van der Waals surface area contributed by atoms with Crippen LogP contribution in [-0.4, -0.2) is 50.5 Å². The van der Waals surface area contributed by atoms with Gasteiger partial charge in [-0.05, 0) is 110 Å². The molecule has 3 N–H and O–H groups in total. The third-order valence-corrected chi connectivity index (χ3v) is 8.60. The number of fused-ring (bicyclic) bond motifs is 8. The zero-order valence-corrected chi connectivity index (χ0v) is 25.4. The second kappa shape index (κ2) is 11.5. The molecule has 0 saturated heterocycles. The second-order valence-electron chi connectivity index (χ2n) is 10.9. The molecule has 0 saturated carbocycles. The Hall–Kier alpha value is -4.30. The average molecular weight is 567 g/mol. The Balaban J connectivity index is 1.94. The van der Waals surface area contributed by atoms with E-state index in [4.69, 9.17) is 14.7 Å². The van der Waals surface area contributed by atoms with Crippen molar-refractivity contribution in [3.63, 3.8) is 0 Å². The number of allylic oxidation sites excluding steroid dienone is 4. The van der Waals surface area contributed by atoms with E-state index in [9.17, 15) is 14.7 Å². The van der Waals surface area contributed by atoms with Crippen LogP contribution in [0.4, 0.5) is 0 Å². The van der Waals surface area contributed by atoms with Gasteiger partial charge in [0, 0.05) is 28.5 Å². The molecule has 3 aromatic rings. The number of nitrogens with one attached hydrogen (secondary N) is 2. The van der Waals surface area contributed by atoms with Gasteiger partial charge in [0.05, 0.1) is 35.4 Å². The third kappa shape index (κ3) is 5.00. The molecule has 0 spiro atoms. The van der Waals surface area contributed by atoms with Crippen molar-refractivity contribution in [2.75, 3.05) is 13.7 Å². The third-order valence-electron chi connectivity index (χ3n) is 8.60. The maximum atomic E-state index is 13.0. The average Bonchev–Trinajstić information content (AvgIpc) is 3.64. The molecule has 5 heterocycles. The molecule has 2 aliphatic rings. The van der Waals surface area contributed by atoms with Gasteiger partial charge in [0.25, 0.3) is 0 Å². The molecule has 0 fully saturated rings. The van der Waals surface area contributed by atoms with Gasteiger partial charge < -0.3 is 19.8 Å². The predicted octanol–water partition coefficient (Wildman–Crippen LogP) is 6.89. The highest BCUT2D eigenvalue weighted by atomic mass is 16.5. The summed E-state index contributed by atoms with van der Waals surface area (Å²) in [7, 11) is 1.38. The standard InChI is InChI=1S/C34H38N4O4/c1-8-21-17(3)24-12-25-19(5)23(10-11-33(41)42-7)30(37-25)15-31-34(32(40)16-39)20(6)27(38-31)14-29-22(9-2)18(4)26(36-29)13-28(21)35-24/h12-15,35,38-39H,8-11,16H2,1-7H3. The van der Waals surface area contributed by atoms with Gasteiger partial charge in [-0.3, -0.25) is 9.59 Å². The molecular weight excluding hydrogens is 528 g/mol. The van der Waals surface area contributed by atoms with Crippen LogP contribution in [0.25, 0.3) is 44.4 Å². The predicted molar refractivity (Wildman–Crippen MR) is 168 cm³/mol. The molecule has 3 aromatic heterocycles. The number of H-pyrrole nitrogens is 2. The molecule has 218 valence electrons. The Bertz CT molecular complexity index is 1850. The van der Waals surface area contributed by atoms with Crippen molar-refractivity contribution in [3.8, 4) is 0 Å². The minimum Gasteiger partial charge on any atom is -0.469 e. The van der Waals surface area contributed by atoms with Crippen molar-refractivity contribution in [1.82, 2.24) is 19.9 Å². The first-order chi connectivity index (χ1) is 20.1. The number of esters is 1. The molecule has 0 aliphatic carbocycles. The molecule has 0 atom stereocenters. The fourth-order valence-corrected chi connectivity index (χ4v) is 6.14. The molecule has 0 unspecified atom stereocenters. The number of rotatable bonds is 7. The number of aryl methyl sites for hydroxylation is 3. The highest BCUT2D eigenvalue weighted by Crippen LogP contribution is 2.36. The number of nitrogens with zero attached hydrogens (tertiary/aromatic N) is 2. The normalized spacial score (nSPS) is 13.2. The number of carbonyl (C=O) groups is 2. The Labute approximate surface area is 245 Å². The van der Waals surface area contributed by atoms with Crippen molar-refractivity contribution in [3.05, 3.63) is 69.3 Å². The van der Waals surface area contributed by atoms with E-state index in [1.807, 2.05) is 26.0 Å². The van der Waals surface area contributed by atoms with Crippen LogP contribution in [0.5, 0.6) is 0 Å². The highest BCUT2D eigenvalue weighted by Gasteiger charge is 2.22. The van der Waals surface area contributed by atoms with Gasteiger partial charge in [0.2, 0.25) is 0 Å². The summed E-state index contributed by atoms with van der Waals surface area (Å²) in [6, 6.07) is 8.02. The van der Waals surface area contributed by atoms with E-state index >= 15 is 0 Å². The molecule has 8 heteroatoms. The number of hydrogen-bond acceptors (Lipinski definition) is 6. The van der Waals surface area contributed by atoms with Gasteiger partial charge in [-0.25, -0.2) is 9.97 Å². The van der Waals surface area contributed by atoms with Gasteiger partial charge in [-0.1, -0.05) is 13.8 Å². The number of aliphatic hydroxyl groups excluding tert-OH is 1. The molecule has 8 nitrogen and oxygen atoms in total. The van der Waals surface area contributed by atoms with E-state index < -0.39 is 6.61 Å². The van der Waals surface area contributed by atoms with E-state index in [1.165, 1.54) is 12.7 Å². The first-order valence-corrected chi connectivity index (χ1v) is 14.5.